The first-order valence-electron chi connectivity index (χ1n) is 8.88. The van der Waals surface area contributed by atoms with Crippen molar-refractivity contribution < 1.29 is 13.2 Å². The van der Waals surface area contributed by atoms with Gasteiger partial charge in [0.2, 0.25) is 0 Å². The summed E-state index contributed by atoms with van der Waals surface area (Å²) < 4.78 is 40.1. The van der Waals surface area contributed by atoms with Gasteiger partial charge in [-0.15, -0.1) is 0 Å². The summed E-state index contributed by atoms with van der Waals surface area (Å²) in [5.74, 6) is -1.21. The van der Waals surface area contributed by atoms with E-state index in [0.29, 0.717) is 33.5 Å². The van der Waals surface area contributed by atoms with Gasteiger partial charge >= 0.3 is 6.18 Å². The number of anilines is 1. The van der Waals surface area contributed by atoms with E-state index in [1.165, 1.54) is 11.2 Å². The fourth-order valence-corrected chi connectivity index (χ4v) is 4.07. The molecule has 1 aliphatic heterocycles. The van der Waals surface area contributed by atoms with Crippen LogP contribution in [0.15, 0.2) is 30.6 Å². The number of halogens is 4. The highest BCUT2D eigenvalue weighted by molar-refractivity contribution is 6.35. The van der Waals surface area contributed by atoms with E-state index in [1.54, 1.807) is 24.3 Å². The van der Waals surface area contributed by atoms with Crippen molar-refractivity contribution in [1.29, 1.82) is 5.26 Å². The minimum absolute atomic E-state index is 0.126. The van der Waals surface area contributed by atoms with Crippen LogP contribution in [-0.2, 0) is 0 Å². The van der Waals surface area contributed by atoms with E-state index in [2.05, 4.69) is 21.0 Å². The van der Waals surface area contributed by atoms with E-state index < -0.39 is 18.1 Å². The largest absolute Gasteiger partial charge is 0.393 e. The Labute approximate surface area is 169 Å². The molecule has 10 heteroatoms. The second-order valence-electron chi connectivity index (χ2n) is 7.07. The van der Waals surface area contributed by atoms with Crippen molar-refractivity contribution in [3.05, 3.63) is 41.3 Å². The number of benzene rings is 1. The molecule has 6 nitrogen and oxygen atoms in total. The number of fused-ring (bicyclic) bond motifs is 1. The molecule has 3 N–H and O–H groups in total. The molecule has 0 unspecified atom stereocenters. The smallest absolute Gasteiger partial charge is 0.354 e. The number of piperidine rings is 1. The maximum atomic E-state index is 13.4. The molecular formula is C19H16ClF3N6. The minimum Gasteiger partial charge on any atom is -0.354 e. The van der Waals surface area contributed by atoms with Crippen LogP contribution in [0.5, 0.6) is 0 Å². The number of rotatable bonds is 2. The van der Waals surface area contributed by atoms with Gasteiger partial charge in [0.1, 0.15) is 22.9 Å². The Morgan fingerprint density at radius 1 is 1.28 bits per heavy atom. The van der Waals surface area contributed by atoms with Gasteiger partial charge in [0, 0.05) is 24.7 Å². The van der Waals surface area contributed by atoms with Crippen molar-refractivity contribution in [2.24, 2.45) is 11.7 Å². The third-order valence-corrected chi connectivity index (χ3v) is 5.33. The third-order valence-electron chi connectivity index (χ3n) is 5.05. The second-order valence-corrected chi connectivity index (χ2v) is 7.44. The number of H-pyrrole nitrogens is 1. The first-order valence-corrected chi connectivity index (χ1v) is 9.25. The molecule has 0 radical (unpaired) electrons. The number of nitrogens with zero attached hydrogens (tertiary/aromatic N) is 4. The van der Waals surface area contributed by atoms with Crippen molar-refractivity contribution in [2.75, 3.05) is 18.0 Å². The minimum atomic E-state index is -4.35. The molecule has 1 fully saturated rings. The third kappa shape index (κ3) is 3.61. The Kier molecular flexibility index (Phi) is 4.84. The fourth-order valence-electron chi connectivity index (χ4n) is 3.78. The molecule has 2 atom stereocenters. The lowest BCUT2D eigenvalue weighted by Crippen LogP contribution is -2.51. The molecule has 0 bridgehead atoms. The molecule has 1 aliphatic rings. The number of hydrogen-bond acceptors (Lipinski definition) is 5. The molecule has 0 aliphatic carbocycles. The molecule has 4 rings (SSSR count). The van der Waals surface area contributed by atoms with E-state index in [0.717, 1.165) is 0 Å². The molecule has 3 aromatic rings. The van der Waals surface area contributed by atoms with Gasteiger partial charge in [-0.25, -0.2) is 9.97 Å². The summed E-state index contributed by atoms with van der Waals surface area (Å²) in [6.07, 6.45) is -3.19. The van der Waals surface area contributed by atoms with Crippen LogP contribution in [0.25, 0.3) is 22.2 Å². The maximum Gasteiger partial charge on any atom is 0.393 e. The SMILES string of the molecule is N#Cc1cccc(-c2c(Cl)[nH]c3ncnc(N4C[C@H](N)C[C@H](C(F)(F)F)C4)c23)c1. The molecule has 0 amide bonds. The molecule has 2 aromatic heterocycles. The van der Waals surface area contributed by atoms with E-state index in [9.17, 15) is 18.4 Å². The number of hydrogen-bond donors (Lipinski definition) is 2. The van der Waals surface area contributed by atoms with Gasteiger partial charge in [0.25, 0.3) is 0 Å². The van der Waals surface area contributed by atoms with Gasteiger partial charge in [-0.2, -0.15) is 18.4 Å². The number of nitriles is 1. The molecule has 0 spiro atoms. The molecular weight excluding hydrogens is 405 g/mol. The maximum absolute atomic E-state index is 13.4. The summed E-state index contributed by atoms with van der Waals surface area (Å²) >= 11 is 6.41. The van der Waals surface area contributed by atoms with Crippen LogP contribution in [0.1, 0.15) is 12.0 Å². The zero-order valence-corrected chi connectivity index (χ0v) is 15.8. The van der Waals surface area contributed by atoms with Crippen molar-refractivity contribution in [1.82, 2.24) is 15.0 Å². The summed E-state index contributed by atoms with van der Waals surface area (Å²) in [7, 11) is 0. The number of nitrogens with one attached hydrogen (secondary N) is 1. The monoisotopic (exact) mass is 420 g/mol. The van der Waals surface area contributed by atoms with Crippen LogP contribution in [0.4, 0.5) is 19.0 Å². The van der Waals surface area contributed by atoms with Crippen LogP contribution in [0, 0.1) is 17.2 Å². The van der Waals surface area contributed by atoms with Crippen molar-refractivity contribution in [3.8, 4) is 17.2 Å². The van der Waals surface area contributed by atoms with Crippen molar-refractivity contribution in [3.63, 3.8) is 0 Å². The van der Waals surface area contributed by atoms with E-state index >= 15 is 0 Å². The molecule has 29 heavy (non-hydrogen) atoms. The Bertz CT molecular complexity index is 1100. The fraction of sp³-hybridized carbons (Fsp3) is 0.316. The van der Waals surface area contributed by atoms with Gasteiger partial charge in [-0.1, -0.05) is 23.7 Å². The average Bonchev–Trinajstić information content (AvgIpc) is 3.02. The summed E-state index contributed by atoms with van der Waals surface area (Å²) in [6, 6.07) is 8.22. The summed E-state index contributed by atoms with van der Waals surface area (Å²) in [4.78, 5) is 12.9. The quantitative estimate of drug-likeness (QED) is 0.656. The van der Waals surface area contributed by atoms with Crippen LogP contribution in [0.3, 0.4) is 0 Å². The topological polar surface area (TPSA) is 94.6 Å². The second kappa shape index (κ2) is 7.21. The van der Waals surface area contributed by atoms with E-state index in [1.807, 2.05) is 0 Å². The predicted molar refractivity (Wildman–Crippen MR) is 103 cm³/mol. The molecule has 1 aromatic carbocycles. The molecule has 1 saturated heterocycles. The Morgan fingerprint density at radius 2 is 2.07 bits per heavy atom. The summed E-state index contributed by atoms with van der Waals surface area (Å²) in [6.45, 7) is -0.0110. The zero-order chi connectivity index (χ0) is 20.8. The summed E-state index contributed by atoms with van der Waals surface area (Å²) in [5, 5.41) is 9.96. The Balaban J connectivity index is 1.87. The van der Waals surface area contributed by atoms with Crippen LogP contribution >= 0.6 is 11.6 Å². The molecule has 0 saturated carbocycles. The van der Waals surface area contributed by atoms with Gasteiger partial charge < -0.3 is 15.6 Å². The van der Waals surface area contributed by atoms with Gasteiger partial charge in [-0.05, 0) is 24.1 Å². The lowest BCUT2D eigenvalue weighted by Gasteiger charge is -2.38. The molecule has 3 heterocycles. The highest BCUT2D eigenvalue weighted by Gasteiger charge is 2.44. The van der Waals surface area contributed by atoms with Crippen LogP contribution in [0.2, 0.25) is 5.15 Å². The van der Waals surface area contributed by atoms with Crippen molar-refractivity contribution >= 4 is 28.5 Å². The standard InChI is InChI=1S/C19H16ClF3N6/c20-16-14(11-3-1-2-10(4-11)6-24)15-17(28-16)26-9-27-18(15)29-7-12(19(21,22)23)5-13(25)8-29/h1-4,9,12-13H,5,7-8,25H2,(H,26,27,28)/t12-,13+/m0/s1. The highest BCUT2D eigenvalue weighted by Crippen LogP contribution is 2.41. The number of alkyl halides is 3. The average molecular weight is 421 g/mol. The first kappa shape index (κ1) is 19.5. The summed E-state index contributed by atoms with van der Waals surface area (Å²) in [5.41, 5.74) is 7.95. The lowest BCUT2D eigenvalue weighted by molar-refractivity contribution is -0.177. The Morgan fingerprint density at radius 3 is 2.79 bits per heavy atom. The molecule has 150 valence electrons. The van der Waals surface area contributed by atoms with Gasteiger partial charge in [-0.3, -0.25) is 0 Å². The Hall–Kier alpha value is -2.83. The predicted octanol–water partition coefficient (Wildman–Crippen LogP) is 3.87. The normalized spacial score (nSPS) is 20.1. The van der Waals surface area contributed by atoms with E-state index in [4.69, 9.17) is 17.3 Å². The van der Waals surface area contributed by atoms with Gasteiger partial charge in [0.05, 0.1) is 22.9 Å². The van der Waals surface area contributed by atoms with Crippen LogP contribution < -0.4 is 10.6 Å². The van der Waals surface area contributed by atoms with Gasteiger partial charge in [0.15, 0.2) is 0 Å². The number of nitrogens with two attached hydrogens (primary N) is 1. The highest BCUT2D eigenvalue weighted by atomic mass is 35.5. The van der Waals surface area contributed by atoms with Crippen molar-refractivity contribution in [2.45, 2.75) is 18.6 Å². The first-order chi connectivity index (χ1) is 13.8. The van der Waals surface area contributed by atoms with E-state index in [-0.39, 0.29) is 24.7 Å². The zero-order valence-electron chi connectivity index (χ0n) is 15.0. The number of aromatic amines is 1. The number of aromatic nitrogens is 3. The lowest BCUT2D eigenvalue weighted by atomic mass is 9.93. The van der Waals surface area contributed by atoms with Crippen LogP contribution in [-0.4, -0.2) is 40.3 Å².